The van der Waals surface area contributed by atoms with Crippen LogP contribution in [0.3, 0.4) is 0 Å². The second-order valence-electron chi connectivity index (χ2n) is 9.65. The molecule has 0 saturated heterocycles. The summed E-state index contributed by atoms with van der Waals surface area (Å²) in [5, 5.41) is 11.6. The van der Waals surface area contributed by atoms with Crippen molar-refractivity contribution in [2.75, 3.05) is 0 Å². The molecule has 0 spiro atoms. The molecule has 0 saturated carbocycles. The molecule has 0 aliphatic heterocycles. The lowest BCUT2D eigenvalue weighted by molar-refractivity contribution is -0.255. The van der Waals surface area contributed by atoms with E-state index < -0.39 is 5.97 Å². The highest BCUT2D eigenvalue weighted by atomic mass is 16.4. The third-order valence-corrected chi connectivity index (χ3v) is 6.66. The Bertz CT molecular complexity index is 817. The number of carboxylic acids is 1. The fourth-order valence-electron chi connectivity index (χ4n) is 4.50. The van der Waals surface area contributed by atoms with Gasteiger partial charge in [-0.05, 0) is 37.3 Å². The van der Waals surface area contributed by atoms with Crippen LogP contribution in [-0.4, -0.2) is 15.9 Å². The van der Waals surface area contributed by atoms with Gasteiger partial charge in [0.15, 0.2) is 0 Å². The fourth-order valence-corrected chi connectivity index (χ4v) is 4.50. The number of hydrogen-bond acceptors (Lipinski definition) is 4. The van der Waals surface area contributed by atoms with Gasteiger partial charge in [-0.25, -0.2) is 0 Å². The van der Waals surface area contributed by atoms with Crippen LogP contribution in [0.1, 0.15) is 132 Å². The second kappa shape index (κ2) is 17.2. The minimum Gasteiger partial charge on any atom is -0.545 e. The van der Waals surface area contributed by atoms with Gasteiger partial charge in [0.2, 0.25) is 0 Å². The number of rotatable bonds is 19. The Kier molecular flexibility index (Phi) is 14.2. The number of aromatic nitrogens is 2. The molecule has 0 aliphatic rings. The van der Waals surface area contributed by atoms with Crippen LogP contribution >= 0.6 is 0 Å². The number of carboxylic acid groups (broad SMARTS) is 1. The summed E-state index contributed by atoms with van der Waals surface area (Å²) >= 11 is 0. The number of nitrogens with zero attached hydrogens (tertiary/aromatic N) is 2. The summed E-state index contributed by atoms with van der Waals surface area (Å²) in [6.45, 7) is 4.47. The van der Waals surface area contributed by atoms with Crippen molar-refractivity contribution in [3.8, 4) is 11.3 Å². The number of carbonyl (C=O) groups excluding carboxylic acids is 1. The molecule has 2 rings (SSSR count). The maximum absolute atomic E-state index is 11.6. The summed E-state index contributed by atoms with van der Waals surface area (Å²) in [5.41, 5.74) is 3.89. The molecule has 0 unspecified atom stereocenters. The Morgan fingerprint density at radius 1 is 0.706 bits per heavy atom. The van der Waals surface area contributed by atoms with Gasteiger partial charge in [0.05, 0.1) is 23.6 Å². The predicted molar refractivity (Wildman–Crippen MR) is 140 cm³/mol. The third kappa shape index (κ3) is 10.8. The van der Waals surface area contributed by atoms with Gasteiger partial charge in [-0.15, -0.1) is 0 Å². The van der Waals surface area contributed by atoms with E-state index in [4.69, 9.17) is 0 Å². The molecule has 1 aromatic heterocycles. The number of benzene rings is 1. The Hall–Kier alpha value is -2.23. The van der Waals surface area contributed by atoms with Crippen LogP contribution in [0, 0.1) is 0 Å². The van der Waals surface area contributed by atoms with E-state index in [-0.39, 0.29) is 0 Å². The van der Waals surface area contributed by atoms with E-state index in [9.17, 15) is 9.90 Å². The topological polar surface area (TPSA) is 65.9 Å². The number of aryl methyl sites for hydroxylation is 2. The maximum atomic E-state index is 11.6. The van der Waals surface area contributed by atoms with E-state index in [2.05, 4.69) is 23.8 Å². The molecule has 0 bridgehead atoms. The lowest BCUT2D eigenvalue weighted by Crippen LogP contribution is -2.23. The van der Waals surface area contributed by atoms with Crippen LogP contribution in [-0.2, 0) is 12.8 Å². The average molecular weight is 466 g/mol. The highest BCUT2D eigenvalue weighted by molar-refractivity contribution is 5.88. The van der Waals surface area contributed by atoms with E-state index in [1.165, 1.54) is 77.0 Å². The van der Waals surface area contributed by atoms with E-state index in [1.807, 2.05) is 24.5 Å². The Morgan fingerprint density at radius 3 is 1.79 bits per heavy atom. The summed E-state index contributed by atoms with van der Waals surface area (Å²) in [5.74, 6) is -1.10. The molecule has 0 N–H and O–H groups in total. The summed E-state index contributed by atoms with van der Waals surface area (Å²) in [6, 6.07) is 5.44. The summed E-state index contributed by atoms with van der Waals surface area (Å²) in [6.07, 6.45) is 24.4. The van der Waals surface area contributed by atoms with Crippen molar-refractivity contribution in [1.82, 2.24) is 9.97 Å². The van der Waals surface area contributed by atoms with E-state index in [0.717, 1.165) is 54.6 Å². The zero-order valence-electron chi connectivity index (χ0n) is 21.6. The van der Waals surface area contributed by atoms with Gasteiger partial charge in [0.25, 0.3) is 0 Å². The standard InChI is InChI=1S/C30H46N2O2/c1-3-5-7-9-11-12-13-15-17-19-27-23-32-29(24-31-27)26-20-21-28(30(33)34)25(22-26)18-16-14-10-8-6-4-2/h20-24H,3-19H2,1-2H3,(H,33,34)/p-1. The number of hydrogen-bond donors (Lipinski definition) is 0. The molecular weight excluding hydrogens is 420 g/mol. The quantitative estimate of drug-likeness (QED) is 0.202. The second-order valence-corrected chi connectivity index (χ2v) is 9.65. The summed E-state index contributed by atoms with van der Waals surface area (Å²) < 4.78 is 0. The van der Waals surface area contributed by atoms with Crippen molar-refractivity contribution in [2.24, 2.45) is 0 Å². The number of carbonyl (C=O) groups is 1. The van der Waals surface area contributed by atoms with Crippen LogP contribution in [0.15, 0.2) is 30.6 Å². The van der Waals surface area contributed by atoms with Crippen LogP contribution in [0.5, 0.6) is 0 Å². The van der Waals surface area contributed by atoms with Gasteiger partial charge in [-0.2, -0.15) is 0 Å². The molecular formula is C30H45N2O2-. The van der Waals surface area contributed by atoms with Crippen LogP contribution < -0.4 is 5.11 Å². The van der Waals surface area contributed by atoms with Crippen molar-refractivity contribution in [3.05, 3.63) is 47.4 Å². The van der Waals surface area contributed by atoms with Gasteiger partial charge in [0, 0.05) is 17.3 Å². The van der Waals surface area contributed by atoms with E-state index in [1.54, 1.807) is 6.07 Å². The zero-order valence-corrected chi connectivity index (χ0v) is 21.6. The van der Waals surface area contributed by atoms with Crippen molar-refractivity contribution < 1.29 is 9.90 Å². The Labute approximate surface area is 207 Å². The fraction of sp³-hybridized carbons (Fsp3) is 0.633. The smallest absolute Gasteiger partial charge is 0.0885 e. The molecule has 0 aliphatic carbocycles. The Morgan fingerprint density at radius 2 is 1.26 bits per heavy atom. The summed E-state index contributed by atoms with van der Waals surface area (Å²) in [4.78, 5) is 20.8. The Balaban J connectivity index is 1.82. The largest absolute Gasteiger partial charge is 0.545 e. The third-order valence-electron chi connectivity index (χ3n) is 6.66. The maximum Gasteiger partial charge on any atom is 0.0885 e. The molecule has 1 aromatic carbocycles. The molecule has 2 aromatic rings. The predicted octanol–water partition coefficient (Wildman–Crippen LogP) is 7.48. The molecule has 0 amide bonds. The van der Waals surface area contributed by atoms with Gasteiger partial charge in [-0.3, -0.25) is 9.97 Å². The highest BCUT2D eigenvalue weighted by Crippen LogP contribution is 2.23. The van der Waals surface area contributed by atoms with Gasteiger partial charge in [-0.1, -0.05) is 109 Å². The monoisotopic (exact) mass is 465 g/mol. The average Bonchev–Trinajstić information content (AvgIpc) is 2.85. The van der Waals surface area contributed by atoms with Crippen molar-refractivity contribution >= 4 is 5.97 Å². The molecule has 0 radical (unpaired) electrons. The number of unbranched alkanes of at least 4 members (excludes halogenated alkanes) is 13. The molecule has 4 heteroatoms. The van der Waals surface area contributed by atoms with Crippen molar-refractivity contribution in [2.45, 2.75) is 123 Å². The van der Waals surface area contributed by atoms with Gasteiger partial charge < -0.3 is 9.90 Å². The molecule has 34 heavy (non-hydrogen) atoms. The first-order chi connectivity index (χ1) is 16.7. The lowest BCUT2D eigenvalue weighted by Gasteiger charge is -2.13. The minimum absolute atomic E-state index is 0.298. The summed E-state index contributed by atoms with van der Waals surface area (Å²) in [7, 11) is 0. The van der Waals surface area contributed by atoms with Crippen LogP contribution in [0.2, 0.25) is 0 Å². The molecule has 0 fully saturated rings. The molecule has 0 atom stereocenters. The highest BCUT2D eigenvalue weighted by Gasteiger charge is 2.08. The van der Waals surface area contributed by atoms with E-state index >= 15 is 0 Å². The van der Waals surface area contributed by atoms with Gasteiger partial charge >= 0.3 is 0 Å². The molecule has 4 nitrogen and oxygen atoms in total. The van der Waals surface area contributed by atoms with E-state index in [0.29, 0.717) is 5.56 Å². The first kappa shape index (κ1) is 28.0. The number of aromatic carboxylic acids is 1. The normalized spacial score (nSPS) is 11.1. The lowest BCUT2D eigenvalue weighted by atomic mass is 9.97. The van der Waals surface area contributed by atoms with Crippen LogP contribution in [0.25, 0.3) is 11.3 Å². The minimum atomic E-state index is -1.10. The SMILES string of the molecule is CCCCCCCCCCCc1cnc(-c2ccc(C(=O)[O-])c(CCCCCCCC)c2)cn1. The zero-order chi connectivity index (χ0) is 24.4. The molecule has 1 heterocycles. The first-order valence-electron chi connectivity index (χ1n) is 13.8. The first-order valence-corrected chi connectivity index (χ1v) is 13.8. The van der Waals surface area contributed by atoms with Crippen molar-refractivity contribution in [3.63, 3.8) is 0 Å². The van der Waals surface area contributed by atoms with Crippen LogP contribution in [0.4, 0.5) is 0 Å². The van der Waals surface area contributed by atoms with Gasteiger partial charge in [0.1, 0.15) is 0 Å². The van der Waals surface area contributed by atoms with Crippen molar-refractivity contribution in [1.29, 1.82) is 0 Å². The molecule has 188 valence electrons.